The molecule has 6 nitrogen and oxygen atoms in total. The molecule has 1 saturated heterocycles. The number of carbonyl (C=O) groups is 1. The number of hydrogen-bond acceptors (Lipinski definition) is 5. The molecule has 1 aliphatic heterocycles. The molecule has 1 heterocycles. The summed E-state index contributed by atoms with van der Waals surface area (Å²) in [4.78, 5) is 14.8. The molecular weight excluding hydrogens is 316 g/mol. The van der Waals surface area contributed by atoms with Crippen molar-refractivity contribution in [1.82, 2.24) is 15.8 Å². The number of likely N-dealkylation sites (N-methyl/N-ethyl adjacent to an activating group) is 1. The maximum atomic E-state index is 12.9. The topological polar surface area (TPSA) is 65.6 Å². The molecule has 4 unspecified atom stereocenters. The fourth-order valence-corrected chi connectivity index (χ4v) is 4.06. The van der Waals surface area contributed by atoms with Gasteiger partial charge >= 0.3 is 0 Å². The SMILES string of the molecule is CCC(Nc1cccc(OC)c1)C(=O)N(C)CC1NNC2CCCC21. The second-order valence-corrected chi connectivity index (χ2v) is 7.15. The van der Waals surface area contributed by atoms with Gasteiger partial charge in [-0.05, 0) is 37.3 Å². The van der Waals surface area contributed by atoms with E-state index in [0.717, 1.165) is 24.4 Å². The van der Waals surface area contributed by atoms with Crippen LogP contribution in [0.5, 0.6) is 5.75 Å². The summed E-state index contributed by atoms with van der Waals surface area (Å²) in [6.07, 6.45) is 4.51. The van der Waals surface area contributed by atoms with E-state index in [1.54, 1.807) is 7.11 Å². The number of benzene rings is 1. The van der Waals surface area contributed by atoms with Crippen LogP contribution in [0.1, 0.15) is 32.6 Å². The van der Waals surface area contributed by atoms with Gasteiger partial charge in [-0.2, -0.15) is 0 Å². The van der Waals surface area contributed by atoms with Gasteiger partial charge in [-0.3, -0.25) is 15.6 Å². The first kappa shape index (κ1) is 18.0. The van der Waals surface area contributed by atoms with E-state index in [9.17, 15) is 4.79 Å². The van der Waals surface area contributed by atoms with E-state index >= 15 is 0 Å². The van der Waals surface area contributed by atoms with Crippen molar-refractivity contribution in [1.29, 1.82) is 0 Å². The Labute approximate surface area is 150 Å². The minimum Gasteiger partial charge on any atom is -0.497 e. The van der Waals surface area contributed by atoms with E-state index in [0.29, 0.717) is 18.0 Å². The Bertz CT molecular complexity index is 595. The van der Waals surface area contributed by atoms with Crippen molar-refractivity contribution < 1.29 is 9.53 Å². The Morgan fingerprint density at radius 2 is 2.24 bits per heavy atom. The van der Waals surface area contributed by atoms with Crippen molar-refractivity contribution >= 4 is 11.6 Å². The summed E-state index contributed by atoms with van der Waals surface area (Å²) in [5.74, 6) is 1.56. The highest BCUT2D eigenvalue weighted by atomic mass is 16.5. The smallest absolute Gasteiger partial charge is 0.244 e. The van der Waals surface area contributed by atoms with Gasteiger partial charge in [0.25, 0.3) is 0 Å². The first-order valence-electron chi connectivity index (χ1n) is 9.29. The van der Waals surface area contributed by atoms with E-state index in [2.05, 4.69) is 16.2 Å². The molecule has 2 fully saturated rings. The standard InChI is InChI=1S/C19H30N4O2/c1-4-16(20-13-7-5-8-14(11-13)25-3)19(24)23(2)12-18-15-9-6-10-17(15)21-22-18/h5,7-8,11,15-18,20-22H,4,6,9-10,12H2,1-3H3. The van der Waals surface area contributed by atoms with Gasteiger partial charge in [0.15, 0.2) is 0 Å². The highest BCUT2D eigenvalue weighted by Gasteiger charge is 2.39. The van der Waals surface area contributed by atoms with Crippen LogP contribution >= 0.6 is 0 Å². The summed E-state index contributed by atoms with van der Waals surface area (Å²) in [5.41, 5.74) is 7.68. The van der Waals surface area contributed by atoms with Crippen LogP contribution in [-0.2, 0) is 4.79 Å². The van der Waals surface area contributed by atoms with Gasteiger partial charge in [0, 0.05) is 37.4 Å². The monoisotopic (exact) mass is 346 g/mol. The van der Waals surface area contributed by atoms with Gasteiger partial charge < -0.3 is 15.0 Å². The second-order valence-electron chi connectivity index (χ2n) is 7.15. The molecule has 0 spiro atoms. The normalized spacial score (nSPS) is 26.1. The van der Waals surface area contributed by atoms with Gasteiger partial charge in [0.05, 0.1) is 7.11 Å². The Morgan fingerprint density at radius 1 is 1.40 bits per heavy atom. The molecule has 3 rings (SSSR count). The Kier molecular flexibility index (Phi) is 5.81. The predicted molar refractivity (Wildman–Crippen MR) is 99.5 cm³/mol. The molecule has 0 bridgehead atoms. The minimum atomic E-state index is -0.231. The molecule has 138 valence electrons. The summed E-state index contributed by atoms with van der Waals surface area (Å²) >= 11 is 0. The van der Waals surface area contributed by atoms with E-state index in [1.165, 1.54) is 19.3 Å². The Hall–Kier alpha value is -1.79. The average molecular weight is 346 g/mol. The van der Waals surface area contributed by atoms with Gasteiger partial charge in [-0.1, -0.05) is 19.4 Å². The van der Waals surface area contributed by atoms with Crippen molar-refractivity contribution in [2.24, 2.45) is 5.92 Å². The lowest BCUT2D eigenvalue weighted by Crippen LogP contribution is -2.47. The molecular formula is C19H30N4O2. The Balaban J connectivity index is 1.59. The largest absolute Gasteiger partial charge is 0.497 e. The molecule has 3 N–H and O–H groups in total. The van der Waals surface area contributed by atoms with Gasteiger partial charge in [-0.25, -0.2) is 0 Å². The Morgan fingerprint density at radius 3 is 3.00 bits per heavy atom. The lowest BCUT2D eigenvalue weighted by molar-refractivity contribution is -0.131. The maximum Gasteiger partial charge on any atom is 0.244 e. The fourth-order valence-electron chi connectivity index (χ4n) is 4.06. The average Bonchev–Trinajstić information content (AvgIpc) is 3.24. The number of nitrogens with one attached hydrogen (secondary N) is 3. The zero-order chi connectivity index (χ0) is 17.8. The van der Waals surface area contributed by atoms with Gasteiger partial charge in [0.2, 0.25) is 5.91 Å². The molecule has 0 aromatic heterocycles. The minimum absolute atomic E-state index is 0.133. The summed E-state index contributed by atoms with van der Waals surface area (Å²) in [6, 6.07) is 8.39. The number of carbonyl (C=O) groups excluding carboxylic acids is 1. The molecule has 1 aliphatic carbocycles. The number of fused-ring (bicyclic) bond motifs is 1. The molecule has 25 heavy (non-hydrogen) atoms. The van der Waals surface area contributed by atoms with Gasteiger partial charge in [0.1, 0.15) is 11.8 Å². The molecule has 1 amide bonds. The predicted octanol–water partition coefficient (Wildman–Crippen LogP) is 1.99. The van der Waals surface area contributed by atoms with Crippen LogP contribution in [0, 0.1) is 5.92 Å². The third-order valence-corrected chi connectivity index (χ3v) is 5.50. The second kappa shape index (κ2) is 8.06. The number of hydrazine groups is 1. The molecule has 2 aliphatic rings. The van der Waals surface area contributed by atoms with Crippen LogP contribution in [-0.4, -0.2) is 49.6 Å². The highest BCUT2D eigenvalue weighted by Crippen LogP contribution is 2.31. The number of nitrogens with zero attached hydrogens (tertiary/aromatic N) is 1. The molecule has 1 aromatic rings. The fraction of sp³-hybridized carbons (Fsp3) is 0.632. The molecule has 1 aromatic carbocycles. The lowest BCUT2D eigenvalue weighted by atomic mass is 9.97. The van der Waals surface area contributed by atoms with Crippen LogP contribution in [0.2, 0.25) is 0 Å². The van der Waals surface area contributed by atoms with Crippen molar-refractivity contribution in [3.8, 4) is 5.75 Å². The summed E-state index contributed by atoms with van der Waals surface area (Å²) in [6.45, 7) is 2.77. The molecule has 1 saturated carbocycles. The van der Waals surface area contributed by atoms with E-state index < -0.39 is 0 Å². The van der Waals surface area contributed by atoms with E-state index in [1.807, 2.05) is 43.1 Å². The highest BCUT2D eigenvalue weighted by molar-refractivity contribution is 5.84. The van der Waals surface area contributed by atoms with Crippen molar-refractivity contribution in [3.63, 3.8) is 0 Å². The number of hydrogen-bond donors (Lipinski definition) is 3. The zero-order valence-corrected chi connectivity index (χ0v) is 15.4. The zero-order valence-electron chi connectivity index (χ0n) is 15.4. The van der Waals surface area contributed by atoms with Crippen LogP contribution in [0.25, 0.3) is 0 Å². The van der Waals surface area contributed by atoms with Crippen LogP contribution in [0.15, 0.2) is 24.3 Å². The number of ether oxygens (including phenoxy) is 1. The summed E-state index contributed by atoms with van der Waals surface area (Å²) < 4.78 is 5.26. The number of anilines is 1. The summed E-state index contributed by atoms with van der Waals surface area (Å²) in [5, 5.41) is 3.35. The first-order chi connectivity index (χ1) is 12.1. The lowest BCUT2D eigenvalue weighted by Gasteiger charge is -2.28. The third-order valence-electron chi connectivity index (χ3n) is 5.50. The van der Waals surface area contributed by atoms with Crippen LogP contribution in [0.4, 0.5) is 5.69 Å². The molecule has 6 heteroatoms. The third kappa shape index (κ3) is 4.07. The molecule has 0 radical (unpaired) electrons. The quantitative estimate of drug-likeness (QED) is 0.705. The van der Waals surface area contributed by atoms with E-state index in [-0.39, 0.29) is 11.9 Å². The van der Waals surface area contributed by atoms with E-state index in [4.69, 9.17) is 4.74 Å². The maximum absolute atomic E-state index is 12.9. The first-order valence-corrected chi connectivity index (χ1v) is 9.29. The van der Waals surface area contributed by atoms with Gasteiger partial charge in [-0.15, -0.1) is 0 Å². The van der Waals surface area contributed by atoms with Crippen molar-refractivity contribution in [2.45, 2.75) is 50.7 Å². The van der Waals surface area contributed by atoms with Crippen LogP contribution in [0.3, 0.4) is 0 Å². The number of amides is 1. The molecule has 4 atom stereocenters. The van der Waals surface area contributed by atoms with Crippen molar-refractivity contribution in [3.05, 3.63) is 24.3 Å². The number of methoxy groups -OCH3 is 1. The number of rotatable bonds is 7. The van der Waals surface area contributed by atoms with Crippen molar-refractivity contribution in [2.75, 3.05) is 26.0 Å². The summed E-state index contributed by atoms with van der Waals surface area (Å²) in [7, 11) is 3.55. The van der Waals surface area contributed by atoms with Crippen LogP contribution < -0.4 is 20.9 Å².